The molecule has 13 heteroatoms. The average molecular weight is 652 g/mol. The smallest absolute Gasteiger partial charge is 0.264 e. The molecular formula is C33H33NO11S. The van der Waals surface area contributed by atoms with E-state index in [0.717, 1.165) is 5.57 Å². The molecule has 0 saturated heterocycles. The van der Waals surface area contributed by atoms with Gasteiger partial charge in [-0.3, -0.25) is 14.1 Å². The molecule has 1 atom stereocenters. The number of hydrogen-bond acceptors (Lipinski definition) is 11. The Hall–Kier alpha value is -4.59. The zero-order chi connectivity index (χ0) is 33.2. The lowest BCUT2D eigenvalue weighted by Gasteiger charge is -2.26. The molecule has 242 valence electrons. The Bertz CT molecular complexity index is 2320. The number of fused-ring (bicyclic) bond motifs is 1. The van der Waals surface area contributed by atoms with Gasteiger partial charge in [-0.2, -0.15) is 8.42 Å². The molecule has 6 rings (SSSR count). The first-order valence-electron chi connectivity index (χ1n) is 14.6. The second kappa shape index (κ2) is 11.3. The van der Waals surface area contributed by atoms with E-state index in [9.17, 15) is 28.2 Å². The van der Waals surface area contributed by atoms with Gasteiger partial charge in [0.05, 0.1) is 51.0 Å². The lowest BCUT2D eigenvalue weighted by molar-refractivity contribution is 0.368. The average Bonchev–Trinajstić information content (AvgIpc) is 3.12. The maximum atomic E-state index is 13.7. The summed E-state index contributed by atoms with van der Waals surface area (Å²) in [6.07, 6.45) is 3.17. The third kappa shape index (κ3) is 4.52. The van der Waals surface area contributed by atoms with Crippen LogP contribution in [0, 0.1) is 0 Å². The molecule has 1 aliphatic carbocycles. The molecule has 1 unspecified atom stereocenters. The summed E-state index contributed by atoms with van der Waals surface area (Å²) in [6.45, 7) is 2.26. The van der Waals surface area contributed by atoms with Gasteiger partial charge in [0.15, 0.2) is 33.9 Å². The summed E-state index contributed by atoms with van der Waals surface area (Å²) in [5, 5.41) is 29.3. The van der Waals surface area contributed by atoms with Crippen LogP contribution in [0.15, 0.2) is 27.3 Å². The number of hydrogen-bond donors (Lipinski definition) is 4. The molecule has 0 fully saturated rings. The van der Waals surface area contributed by atoms with E-state index in [4.69, 9.17) is 23.5 Å². The third-order valence-corrected chi connectivity index (χ3v) is 9.64. The van der Waals surface area contributed by atoms with Crippen LogP contribution in [-0.4, -0.2) is 63.9 Å². The number of phenolic OH excluding ortho intramolecular Hbond substituents is 2. The van der Waals surface area contributed by atoms with Crippen LogP contribution in [0.1, 0.15) is 43.4 Å². The fourth-order valence-corrected chi connectivity index (χ4v) is 7.59. The van der Waals surface area contributed by atoms with Crippen LogP contribution in [0.3, 0.4) is 0 Å². The zero-order valence-electron chi connectivity index (χ0n) is 25.9. The Morgan fingerprint density at radius 3 is 1.78 bits per heavy atom. The van der Waals surface area contributed by atoms with Crippen LogP contribution in [-0.2, 0) is 10.1 Å². The van der Waals surface area contributed by atoms with E-state index in [1.807, 2.05) is 13.0 Å². The fraction of sp³-hybridized carbons (Fsp3) is 0.333. The minimum atomic E-state index is -4.07. The van der Waals surface area contributed by atoms with Crippen molar-refractivity contribution >= 4 is 59.3 Å². The molecule has 0 bridgehead atoms. The first-order valence-corrected chi connectivity index (χ1v) is 16.2. The third-order valence-electron chi connectivity index (χ3n) is 8.83. The first-order chi connectivity index (χ1) is 21.9. The number of nitrogens with one attached hydrogen (secondary N) is 1. The Balaban J connectivity index is 1.81. The van der Waals surface area contributed by atoms with Crippen LogP contribution >= 0.6 is 0 Å². The fourth-order valence-electron chi connectivity index (χ4n) is 7.02. The molecule has 0 spiro atoms. The van der Waals surface area contributed by atoms with Crippen molar-refractivity contribution in [1.82, 2.24) is 5.32 Å². The molecule has 0 aliphatic heterocycles. The van der Waals surface area contributed by atoms with Gasteiger partial charge in [0.1, 0.15) is 11.5 Å². The Morgan fingerprint density at radius 1 is 0.717 bits per heavy atom. The predicted molar refractivity (Wildman–Crippen MR) is 176 cm³/mol. The molecular weight excluding hydrogens is 618 g/mol. The SMILES string of the molecule is COc1c(O)c2c(=O)cc(OC)c3c4c(OC)cc(=O)c5c(O)c(OC)c6c(c(c1C=C(C)C6NCCCCCS(=O)(=O)O)c23)c54. The van der Waals surface area contributed by atoms with Crippen LogP contribution in [0.4, 0.5) is 0 Å². The Labute approximate surface area is 263 Å². The van der Waals surface area contributed by atoms with Gasteiger partial charge < -0.3 is 34.5 Å². The monoisotopic (exact) mass is 651 g/mol. The van der Waals surface area contributed by atoms with Gasteiger partial charge in [-0.1, -0.05) is 12.0 Å². The normalized spacial score (nSPS) is 14.8. The molecule has 12 nitrogen and oxygen atoms in total. The molecule has 5 aromatic rings. The van der Waals surface area contributed by atoms with Crippen molar-refractivity contribution in [2.24, 2.45) is 0 Å². The summed E-state index contributed by atoms with van der Waals surface area (Å²) in [7, 11) is 1.54. The van der Waals surface area contributed by atoms with E-state index in [2.05, 4.69) is 5.32 Å². The first kappa shape index (κ1) is 31.4. The minimum Gasteiger partial charge on any atom is -0.504 e. The molecule has 46 heavy (non-hydrogen) atoms. The predicted octanol–water partition coefficient (Wildman–Crippen LogP) is 4.45. The van der Waals surface area contributed by atoms with E-state index < -0.39 is 27.0 Å². The minimum absolute atomic E-state index is 0.00672. The van der Waals surface area contributed by atoms with E-state index in [1.165, 1.54) is 40.6 Å². The number of rotatable bonds is 11. The van der Waals surface area contributed by atoms with E-state index in [-0.39, 0.29) is 57.4 Å². The summed E-state index contributed by atoms with van der Waals surface area (Å²) >= 11 is 0. The topological polar surface area (TPSA) is 178 Å². The van der Waals surface area contributed by atoms with Gasteiger partial charge >= 0.3 is 0 Å². The van der Waals surface area contributed by atoms with Crippen LogP contribution in [0.2, 0.25) is 0 Å². The van der Waals surface area contributed by atoms with Gasteiger partial charge in [-0.05, 0) is 32.4 Å². The number of benzene rings is 5. The Morgan fingerprint density at radius 2 is 1.26 bits per heavy atom. The van der Waals surface area contributed by atoms with Crippen molar-refractivity contribution in [3.63, 3.8) is 0 Å². The summed E-state index contributed by atoms with van der Waals surface area (Å²) in [6, 6.07) is 1.90. The largest absolute Gasteiger partial charge is 0.504 e. The maximum Gasteiger partial charge on any atom is 0.264 e. The molecule has 0 aromatic heterocycles. The molecule has 0 heterocycles. The highest BCUT2D eigenvalue weighted by Crippen LogP contribution is 2.58. The van der Waals surface area contributed by atoms with Crippen molar-refractivity contribution in [1.29, 1.82) is 0 Å². The van der Waals surface area contributed by atoms with E-state index in [0.29, 0.717) is 62.8 Å². The zero-order valence-corrected chi connectivity index (χ0v) is 26.7. The highest BCUT2D eigenvalue weighted by atomic mass is 32.2. The quantitative estimate of drug-likeness (QED) is 0.0684. The maximum absolute atomic E-state index is 13.7. The van der Waals surface area contributed by atoms with Crippen molar-refractivity contribution in [2.75, 3.05) is 40.7 Å². The second-order valence-corrected chi connectivity index (χ2v) is 12.9. The second-order valence-electron chi connectivity index (χ2n) is 11.4. The molecule has 0 radical (unpaired) electrons. The standard InChI is InChI=1S/C33H33NO11S/c1-14-11-15-20-25-21(30(37)32(15)44-4)16(35)12-18(42-2)23(25)24-19(43-3)13-17(36)22-27(24)26(20)28(33(45-5)31(22)38)29(14)34-9-7-6-8-10-46(39,40)41/h11-13,29,34,37-38H,6-10H2,1-5H3,(H,39,40,41). The Kier molecular flexibility index (Phi) is 7.74. The van der Waals surface area contributed by atoms with Crippen LogP contribution < -0.4 is 35.1 Å². The van der Waals surface area contributed by atoms with Gasteiger partial charge in [0.2, 0.25) is 0 Å². The molecule has 4 N–H and O–H groups in total. The van der Waals surface area contributed by atoms with Gasteiger partial charge in [-0.15, -0.1) is 0 Å². The van der Waals surface area contributed by atoms with Gasteiger partial charge in [0.25, 0.3) is 10.1 Å². The molecule has 0 saturated carbocycles. The number of unbranched alkanes of at least 4 members (excludes halogenated alkanes) is 2. The van der Waals surface area contributed by atoms with Crippen molar-refractivity contribution in [3.05, 3.63) is 49.3 Å². The van der Waals surface area contributed by atoms with Crippen molar-refractivity contribution in [2.45, 2.75) is 32.2 Å². The van der Waals surface area contributed by atoms with Crippen LogP contribution in [0.25, 0.3) is 49.2 Å². The summed E-state index contributed by atoms with van der Waals surface area (Å²) < 4.78 is 54.4. The summed E-state index contributed by atoms with van der Waals surface area (Å²) in [5.41, 5.74) is 0.643. The molecule has 5 aromatic carbocycles. The number of ether oxygens (including phenoxy) is 4. The molecule has 1 aliphatic rings. The van der Waals surface area contributed by atoms with Gasteiger partial charge in [0, 0.05) is 55.6 Å². The highest BCUT2D eigenvalue weighted by molar-refractivity contribution is 7.85. The van der Waals surface area contributed by atoms with E-state index in [1.54, 1.807) is 0 Å². The lowest BCUT2D eigenvalue weighted by Crippen LogP contribution is -2.24. The number of phenols is 2. The van der Waals surface area contributed by atoms with E-state index >= 15 is 0 Å². The number of aromatic hydroxyl groups is 2. The summed E-state index contributed by atoms with van der Waals surface area (Å²) in [5.74, 6) is -0.587. The van der Waals surface area contributed by atoms with Crippen LogP contribution in [0.5, 0.6) is 34.5 Å². The highest BCUT2D eigenvalue weighted by Gasteiger charge is 2.36. The van der Waals surface area contributed by atoms with Crippen molar-refractivity contribution < 1.29 is 42.1 Å². The van der Waals surface area contributed by atoms with Gasteiger partial charge in [-0.25, -0.2) is 0 Å². The molecule has 0 amide bonds. The number of methoxy groups -OCH3 is 4. The summed E-state index contributed by atoms with van der Waals surface area (Å²) in [4.78, 5) is 27.3. The lowest BCUT2D eigenvalue weighted by atomic mass is 9.83. The van der Waals surface area contributed by atoms with Crippen molar-refractivity contribution in [3.8, 4) is 34.5 Å².